The number of aliphatic hydroxyl groups is 2. The van der Waals surface area contributed by atoms with Crippen LogP contribution in [0.1, 0.15) is 6.92 Å². The highest BCUT2D eigenvalue weighted by Crippen LogP contribution is 1.87. The van der Waals surface area contributed by atoms with Crippen LogP contribution in [0.25, 0.3) is 0 Å². The molecule has 0 aromatic heterocycles. The number of aliphatic hydroxyl groups excluding tert-OH is 2. The Labute approximate surface area is 42.2 Å². The number of hydrogen-bond acceptors (Lipinski definition) is 2. The Bertz CT molecular complexity index is 44.2. The molecule has 2 N–H and O–H groups in total. The van der Waals surface area contributed by atoms with Crippen molar-refractivity contribution < 1.29 is 15.3 Å². The molecule has 0 aromatic rings. The van der Waals surface area contributed by atoms with Crippen molar-refractivity contribution in [1.29, 1.82) is 0 Å². The van der Waals surface area contributed by atoms with Crippen LogP contribution in [0.5, 0.6) is 0 Å². The lowest BCUT2D eigenvalue weighted by Crippen LogP contribution is -2.25. The number of hydrogen-bond donors (Lipinski definition) is 2. The van der Waals surface area contributed by atoms with Gasteiger partial charge in [-0.1, -0.05) is 0 Å². The third kappa shape index (κ3) is 2.56. The van der Waals surface area contributed by atoms with E-state index >= 15 is 0 Å². The summed E-state index contributed by atoms with van der Waals surface area (Å²) in [5.74, 6) is 0. The fraction of sp³-hybridized carbons (Fsp3) is 1.00. The molecule has 3 heteroatoms. The van der Waals surface area contributed by atoms with Gasteiger partial charge in [-0.3, -0.25) is 0 Å². The molecule has 0 bridgehead atoms. The van der Waals surface area contributed by atoms with Crippen LogP contribution in [0.4, 0.5) is 0 Å². The van der Waals surface area contributed by atoms with E-state index < -0.39 is 18.8 Å². The topological polar surface area (TPSA) is 60.4 Å². The van der Waals surface area contributed by atoms with Crippen molar-refractivity contribution in [2.75, 3.05) is 6.61 Å². The van der Waals surface area contributed by atoms with Crippen LogP contribution in [0.3, 0.4) is 0 Å². The monoisotopic (exact) mass is 105 g/mol. The van der Waals surface area contributed by atoms with Gasteiger partial charge in [-0.15, -0.1) is 0 Å². The zero-order valence-electron chi connectivity index (χ0n) is 4.16. The molecule has 0 aliphatic carbocycles. The summed E-state index contributed by atoms with van der Waals surface area (Å²) in [4.78, 5) is 0. The van der Waals surface area contributed by atoms with Crippen LogP contribution >= 0.6 is 0 Å². The first-order chi connectivity index (χ1) is 3.18. The highest BCUT2D eigenvalue weighted by Gasteiger charge is 2.07. The molecule has 1 radical (unpaired) electrons. The lowest BCUT2D eigenvalue weighted by molar-refractivity contribution is -0.0237. The van der Waals surface area contributed by atoms with Crippen molar-refractivity contribution in [2.45, 2.75) is 19.1 Å². The molecule has 0 saturated heterocycles. The van der Waals surface area contributed by atoms with Crippen molar-refractivity contribution >= 4 is 0 Å². The maximum atomic E-state index is 9.66. The van der Waals surface area contributed by atoms with Crippen molar-refractivity contribution in [3.63, 3.8) is 0 Å². The molecule has 0 heterocycles. The molecule has 2 atom stereocenters. The van der Waals surface area contributed by atoms with Gasteiger partial charge in [0.15, 0.2) is 0 Å². The second-order valence-electron chi connectivity index (χ2n) is 1.47. The van der Waals surface area contributed by atoms with Crippen LogP contribution < -0.4 is 0 Å². The van der Waals surface area contributed by atoms with Crippen molar-refractivity contribution in [3.05, 3.63) is 0 Å². The SMILES string of the molecule is CC(O)C(O)C[O]. The van der Waals surface area contributed by atoms with E-state index in [0.29, 0.717) is 0 Å². The lowest BCUT2D eigenvalue weighted by atomic mass is 10.2. The van der Waals surface area contributed by atoms with Crippen molar-refractivity contribution in [2.24, 2.45) is 0 Å². The van der Waals surface area contributed by atoms with Crippen molar-refractivity contribution in [3.8, 4) is 0 Å². The Balaban J connectivity index is 3.14. The van der Waals surface area contributed by atoms with Gasteiger partial charge in [-0.25, -0.2) is 5.11 Å². The molecule has 3 nitrogen and oxygen atoms in total. The summed E-state index contributed by atoms with van der Waals surface area (Å²) in [6, 6.07) is 0. The summed E-state index contributed by atoms with van der Waals surface area (Å²) in [5.41, 5.74) is 0. The fourth-order valence-corrected chi connectivity index (χ4v) is 0.139. The van der Waals surface area contributed by atoms with Crippen LogP contribution in [0.2, 0.25) is 0 Å². The standard InChI is InChI=1S/C4H9O3/c1-3(6)4(7)2-5/h3-4,6-7H,2H2,1H3. The molecular formula is C4H9O3. The Hall–Kier alpha value is -0.120. The smallest absolute Gasteiger partial charge is 0.111 e. The molecule has 0 aliphatic rings. The van der Waals surface area contributed by atoms with Crippen LogP contribution in [0.15, 0.2) is 0 Å². The van der Waals surface area contributed by atoms with Gasteiger partial charge >= 0.3 is 0 Å². The van der Waals surface area contributed by atoms with Gasteiger partial charge in [-0.2, -0.15) is 0 Å². The zero-order chi connectivity index (χ0) is 5.86. The zero-order valence-corrected chi connectivity index (χ0v) is 4.16. The van der Waals surface area contributed by atoms with E-state index in [0.717, 1.165) is 0 Å². The van der Waals surface area contributed by atoms with Gasteiger partial charge in [0, 0.05) is 0 Å². The van der Waals surface area contributed by atoms with Gasteiger partial charge in [0.05, 0.1) is 6.10 Å². The minimum Gasteiger partial charge on any atom is -0.391 e. The molecule has 7 heavy (non-hydrogen) atoms. The quantitative estimate of drug-likeness (QED) is 0.481. The Morgan fingerprint density at radius 3 is 2.00 bits per heavy atom. The molecule has 2 unspecified atom stereocenters. The first kappa shape index (κ1) is 6.88. The first-order valence-corrected chi connectivity index (χ1v) is 2.12. The maximum absolute atomic E-state index is 9.66. The molecule has 0 spiro atoms. The highest BCUT2D eigenvalue weighted by atomic mass is 16.4. The van der Waals surface area contributed by atoms with E-state index in [1.54, 1.807) is 0 Å². The predicted octanol–water partition coefficient (Wildman–Crippen LogP) is -0.841. The highest BCUT2D eigenvalue weighted by molar-refractivity contribution is 4.57. The third-order valence-electron chi connectivity index (χ3n) is 0.728. The summed E-state index contributed by atoms with van der Waals surface area (Å²) in [7, 11) is 0. The minimum atomic E-state index is -1.10. The average Bonchev–Trinajstić information content (AvgIpc) is 1.65. The number of rotatable bonds is 2. The van der Waals surface area contributed by atoms with E-state index in [2.05, 4.69) is 0 Å². The summed E-state index contributed by atoms with van der Waals surface area (Å²) >= 11 is 0. The van der Waals surface area contributed by atoms with E-state index in [1.165, 1.54) is 6.92 Å². The van der Waals surface area contributed by atoms with Gasteiger partial charge in [0.1, 0.15) is 12.7 Å². The Morgan fingerprint density at radius 1 is 1.57 bits per heavy atom. The molecule has 43 valence electrons. The molecule has 0 aliphatic heterocycles. The van der Waals surface area contributed by atoms with E-state index in [4.69, 9.17) is 10.2 Å². The Kier molecular flexibility index (Phi) is 2.91. The molecule has 0 saturated carbocycles. The van der Waals surface area contributed by atoms with Crippen LogP contribution in [0, 0.1) is 0 Å². The second-order valence-corrected chi connectivity index (χ2v) is 1.47. The summed E-state index contributed by atoms with van der Waals surface area (Å²) in [6.45, 7) is 0.750. The molecule has 0 rings (SSSR count). The molecule has 0 fully saturated rings. The summed E-state index contributed by atoms with van der Waals surface area (Å²) < 4.78 is 0. The molecule has 0 aromatic carbocycles. The van der Waals surface area contributed by atoms with Gasteiger partial charge in [0.2, 0.25) is 0 Å². The minimum absolute atomic E-state index is 0.627. The van der Waals surface area contributed by atoms with Crippen molar-refractivity contribution in [1.82, 2.24) is 0 Å². The van der Waals surface area contributed by atoms with E-state index in [1.807, 2.05) is 0 Å². The normalized spacial score (nSPS) is 18.9. The van der Waals surface area contributed by atoms with Crippen LogP contribution in [-0.4, -0.2) is 29.0 Å². The average molecular weight is 105 g/mol. The third-order valence-corrected chi connectivity index (χ3v) is 0.728. The largest absolute Gasteiger partial charge is 0.391 e. The fourth-order valence-electron chi connectivity index (χ4n) is 0.139. The second kappa shape index (κ2) is 2.96. The van der Waals surface area contributed by atoms with Gasteiger partial charge < -0.3 is 10.2 Å². The first-order valence-electron chi connectivity index (χ1n) is 2.12. The van der Waals surface area contributed by atoms with Gasteiger partial charge in [-0.05, 0) is 6.92 Å². The Morgan fingerprint density at radius 2 is 2.00 bits per heavy atom. The molecular weight excluding hydrogens is 96.0 g/mol. The summed E-state index contributed by atoms with van der Waals surface area (Å²) in [6.07, 6.45) is -1.99. The van der Waals surface area contributed by atoms with E-state index in [9.17, 15) is 5.11 Å². The summed E-state index contributed by atoms with van der Waals surface area (Å²) in [5, 5.41) is 26.4. The lowest BCUT2D eigenvalue weighted by Gasteiger charge is -2.06. The molecule has 0 amide bonds. The maximum Gasteiger partial charge on any atom is 0.111 e. The predicted molar refractivity (Wildman–Crippen MR) is 23.2 cm³/mol. The van der Waals surface area contributed by atoms with Crippen LogP contribution in [-0.2, 0) is 5.11 Å². The van der Waals surface area contributed by atoms with Gasteiger partial charge in [0.25, 0.3) is 0 Å². The van der Waals surface area contributed by atoms with E-state index in [-0.39, 0.29) is 0 Å².